The van der Waals surface area contributed by atoms with Crippen LogP contribution in [0.3, 0.4) is 0 Å². The predicted molar refractivity (Wildman–Crippen MR) is 81.2 cm³/mol. The second-order valence-electron chi connectivity index (χ2n) is 6.17. The molecule has 1 aromatic rings. The molecule has 1 fully saturated rings. The van der Waals surface area contributed by atoms with Crippen molar-refractivity contribution >= 4 is 11.9 Å². The first-order valence-electron chi connectivity index (χ1n) is 8.04. The number of hydrogen-bond acceptors (Lipinski definition) is 6. The molecule has 0 saturated carbocycles. The van der Waals surface area contributed by atoms with Crippen molar-refractivity contribution in [1.29, 1.82) is 0 Å². The molecule has 1 saturated heterocycles. The fourth-order valence-corrected chi connectivity index (χ4v) is 2.38. The summed E-state index contributed by atoms with van der Waals surface area (Å²) in [5.74, 6) is -0.158. The maximum atomic E-state index is 12.7. The average molecular weight is 387 g/mol. The maximum Gasteiger partial charge on any atom is 0.434 e. The van der Waals surface area contributed by atoms with E-state index in [4.69, 9.17) is 0 Å². The predicted octanol–water partition coefficient (Wildman–Crippen LogP) is 3.55. The molecule has 2 heterocycles. The lowest BCUT2D eigenvalue weighted by Crippen LogP contribution is -2.47. The molecule has 12 heteroatoms. The van der Waals surface area contributed by atoms with Crippen LogP contribution in [0.2, 0.25) is 0 Å². The van der Waals surface area contributed by atoms with Crippen LogP contribution >= 0.6 is 0 Å². The number of rotatable bonds is 5. The second-order valence-corrected chi connectivity index (χ2v) is 6.17. The molecule has 0 bridgehead atoms. The highest BCUT2D eigenvalue weighted by Crippen LogP contribution is 2.36. The highest BCUT2D eigenvalue weighted by Gasteiger charge is 2.59. The first-order valence-corrected chi connectivity index (χ1v) is 8.04. The zero-order chi connectivity index (χ0) is 19.5. The van der Waals surface area contributed by atoms with Crippen molar-refractivity contribution in [3.63, 3.8) is 0 Å². The maximum absolute atomic E-state index is 12.7. The zero-order valence-corrected chi connectivity index (χ0v) is 14.2. The molecule has 0 unspecified atom stereocenters. The Hall–Kier alpha value is -2.01. The third kappa shape index (κ3) is 5.49. The first-order chi connectivity index (χ1) is 12.0. The minimum atomic E-state index is -5.65. The van der Waals surface area contributed by atoms with Gasteiger partial charge in [0.2, 0.25) is 11.9 Å². The molecule has 1 N–H and O–H groups in total. The van der Waals surface area contributed by atoms with Crippen molar-refractivity contribution in [2.75, 3.05) is 23.3 Å². The van der Waals surface area contributed by atoms with Gasteiger partial charge in [-0.3, -0.25) is 0 Å². The standard InChI is InChI=1S/C14H19F6N5O/c1-8(2)21-10-22-11(25-6-4-3-5-7-25)24-12(23-10)26-9(13(15,16)17)14(18,19)20/h8-9H,3-7H2,1-2H3,(H,21,22,23,24). The molecule has 1 aromatic heterocycles. The van der Waals surface area contributed by atoms with Gasteiger partial charge in [0.05, 0.1) is 0 Å². The second kappa shape index (κ2) is 7.70. The van der Waals surface area contributed by atoms with Gasteiger partial charge in [0, 0.05) is 19.1 Å². The fraction of sp³-hybridized carbons (Fsp3) is 0.786. The van der Waals surface area contributed by atoms with E-state index in [9.17, 15) is 26.3 Å². The summed E-state index contributed by atoms with van der Waals surface area (Å²) < 4.78 is 80.5. The highest BCUT2D eigenvalue weighted by atomic mass is 19.4. The van der Waals surface area contributed by atoms with E-state index in [1.807, 2.05) is 0 Å². The van der Waals surface area contributed by atoms with Crippen LogP contribution < -0.4 is 15.0 Å². The molecule has 2 rings (SSSR count). The van der Waals surface area contributed by atoms with Crippen molar-refractivity contribution in [3.8, 4) is 6.01 Å². The Morgan fingerprint density at radius 2 is 1.50 bits per heavy atom. The Labute approximate surface area is 146 Å². The van der Waals surface area contributed by atoms with E-state index in [1.54, 1.807) is 18.7 Å². The summed E-state index contributed by atoms with van der Waals surface area (Å²) in [6.45, 7) is 4.54. The number of nitrogens with zero attached hydrogens (tertiary/aromatic N) is 4. The summed E-state index contributed by atoms with van der Waals surface area (Å²) in [7, 11) is 0. The first kappa shape index (κ1) is 20.3. The van der Waals surface area contributed by atoms with Gasteiger partial charge in [-0.15, -0.1) is 0 Å². The Kier molecular flexibility index (Phi) is 6.02. The summed E-state index contributed by atoms with van der Waals surface area (Å²) in [6.07, 6.45) is -12.7. The van der Waals surface area contributed by atoms with Crippen molar-refractivity contribution < 1.29 is 31.1 Å². The Morgan fingerprint density at radius 3 is 2.00 bits per heavy atom. The lowest BCUT2D eigenvalue weighted by Gasteiger charge is -2.28. The number of ether oxygens (including phenoxy) is 1. The van der Waals surface area contributed by atoms with Crippen LogP contribution in [0, 0.1) is 0 Å². The number of nitrogens with one attached hydrogen (secondary N) is 1. The Morgan fingerprint density at radius 1 is 0.923 bits per heavy atom. The molecule has 0 aliphatic carbocycles. The molecular formula is C14H19F6N5O. The topological polar surface area (TPSA) is 63.2 Å². The molecule has 6 nitrogen and oxygen atoms in total. The van der Waals surface area contributed by atoms with Gasteiger partial charge in [-0.05, 0) is 33.1 Å². The summed E-state index contributed by atoms with van der Waals surface area (Å²) in [5.41, 5.74) is 0. The van der Waals surface area contributed by atoms with Crippen LogP contribution in [0.5, 0.6) is 6.01 Å². The van der Waals surface area contributed by atoms with E-state index < -0.39 is 24.5 Å². The smallest absolute Gasteiger partial charge is 0.434 e. The minimum Gasteiger partial charge on any atom is -0.440 e. The van der Waals surface area contributed by atoms with Crippen LogP contribution in [-0.2, 0) is 0 Å². The Balaban J connectivity index is 2.35. The van der Waals surface area contributed by atoms with Gasteiger partial charge >= 0.3 is 18.4 Å². The number of hydrogen-bond donors (Lipinski definition) is 1. The summed E-state index contributed by atoms with van der Waals surface area (Å²) in [4.78, 5) is 13.0. The van der Waals surface area contributed by atoms with Gasteiger partial charge in [-0.25, -0.2) is 0 Å². The monoisotopic (exact) mass is 387 g/mol. The van der Waals surface area contributed by atoms with E-state index in [0.29, 0.717) is 13.1 Å². The number of anilines is 2. The third-order valence-electron chi connectivity index (χ3n) is 3.48. The molecular weight excluding hydrogens is 368 g/mol. The van der Waals surface area contributed by atoms with Gasteiger partial charge < -0.3 is 15.0 Å². The average Bonchev–Trinajstić information content (AvgIpc) is 2.50. The van der Waals surface area contributed by atoms with Crippen molar-refractivity contribution in [1.82, 2.24) is 15.0 Å². The van der Waals surface area contributed by atoms with Gasteiger partial charge in [0.1, 0.15) is 0 Å². The fourth-order valence-electron chi connectivity index (χ4n) is 2.38. The van der Waals surface area contributed by atoms with Crippen molar-refractivity contribution in [2.45, 2.75) is 57.6 Å². The number of aromatic nitrogens is 3. The molecule has 148 valence electrons. The zero-order valence-electron chi connectivity index (χ0n) is 14.2. The third-order valence-corrected chi connectivity index (χ3v) is 3.48. The van der Waals surface area contributed by atoms with Gasteiger partial charge in [-0.1, -0.05) is 0 Å². The van der Waals surface area contributed by atoms with Crippen molar-refractivity contribution in [3.05, 3.63) is 0 Å². The molecule has 1 aliphatic heterocycles. The van der Waals surface area contributed by atoms with Crippen LogP contribution in [0.15, 0.2) is 0 Å². The van der Waals surface area contributed by atoms with E-state index in [-0.39, 0.29) is 17.9 Å². The molecule has 0 spiro atoms. The van der Waals surface area contributed by atoms with Crippen LogP contribution in [0.1, 0.15) is 33.1 Å². The normalized spacial score (nSPS) is 16.3. The molecule has 0 aromatic carbocycles. The van der Waals surface area contributed by atoms with Crippen molar-refractivity contribution in [2.24, 2.45) is 0 Å². The van der Waals surface area contributed by atoms with Crippen LogP contribution in [-0.4, -0.2) is 52.5 Å². The molecule has 0 amide bonds. The SMILES string of the molecule is CC(C)Nc1nc(OC(C(F)(F)F)C(F)(F)F)nc(N2CCCCC2)n1. The summed E-state index contributed by atoms with van der Waals surface area (Å²) >= 11 is 0. The van der Waals surface area contributed by atoms with Crippen LogP contribution in [0.25, 0.3) is 0 Å². The Bertz CT molecular complexity index is 586. The lowest BCUT2D eigenvalue weighted by molar-refractivity contribution is -0.301. The van der Waals surface area contributed by atoms with Gasteiger partial charge in [0.25, 0.3) is 6.10 Å². The van der Waals surface area contributed by atoms with E-state index >= 15 is 0 Å². The quantitative estimate of drug-likeness (QED) is 0.780. The molecule has 26 heavy (non-hydrogen) atoms. The highest BCUT2D eigenvalue weighted by molar-refractivity contribution is 5.39. The minimum absolute atomic E-state index is 0.0130. The van der Waals surface area contributed by atoms with E-state index in [1.165, 1.54) is 0 Å². The van der Waals surface area contributed by atoms with E-state index in [0.717, 1.165) is 19.3 Å². The number of alkyl halides is 6. The van der Waals surface area contributed by atoms with Gasteiger partial charge in [-0.2, -0.15) is 41.3 Å². The molecule has 0 atom stereocenters. The largest absolute Gasteiger partial charge is 0.440 e. The molecule has 0 radical (unpaired) electrons. The van der Waals surface area contributed by atoms with E-state index in [2.05, 4.69) is 25.0 Å². The number of halogens is 6. The molecule has 1 aliphatic rings. The van der Waals surface area contributed by atoms with Crippen LogP contribution in [0.4, 0.5) is 38.2 Å². The summed E-state index contributed by atoms with van der Waals surface area (Å²) in [5, 5.41) is 2.74. The van der Waals surface area contributed by atoms with Gasteiger partial charge in [0.15, 0.2) is 0 Å². The summed E-state index contributed by atoms with van der Waals surface area (Å²) in [6, 6.07) is -1.22. The number of piperidine rings is 1. The lowest BCUT2D eigenvalue weighted by atomic mass is 10.1.